The van der Waals surface area contributed by atoms with Gasteiger partial charge >= 0.3 is 0 Å². The molecule has 3 N–H and O–H groups in total. The van der Waals surface area contributed by atoms with Crippen molar-refractivity contribution in [2.45, 2.75) is 24.5 Å². The summed E-state index contributed by atoms with van der Waals surface area (Å²) in [5.74, 6) is 1.77. The number of para-hydroxylation sites is 1. The lowest BCUT2D eigenvalue weighted by Crippen LogP contribution is -2.52. The fourth-order valence-corrected chi connectivity index (χ4v) is 5.68. The highest BCUT2D eigenvalue weighted by Crippen LogP contribution is 2.47. The van der Waals surface area contributed by atoms with E-state index >= 15 is 0 Å². The molecule has 0 unspecified atom stereocenters. The van der Waals surface area contributed by atoms with E-state index in [0.717, 1.165) is 71.0 Å². The SMILES string of the molecule is N[C@@H]1c2ccccc2OC12CCN(c1nc3[nH]cc(-c4ccncc4Cl)c3c3nccn13)CC2. The molecule has 1 aromatic carbocycles. The number of hydrogen-bond acceptors (Lipinski definition) is 6. The van der Waals surface area contributed by atoms with Crippen molar-refractivity contribution in [3.05, 3.63) is 71.9 Å². The van der Waals surface area contributed by atoms with Gasteiger partial charge in [-0.3, -0.25) is 9.38 Å². The van der Waals surface area contributed by atoms with Gasteiger partial charge in [-0.1, -0.05) is 29.8 Å². The van der Waals surface area contributed by atoms with E-state index in [-0.39, 0.29) is 11.6 Å². The van der Waals surface area contributed by atoms with Crippen LogP contribution in [0, 0.1) is 0 Å². The first kappa shape index (κ1) is 19.8. The van der Waals surface area contributed by atoms with Crippen LogP contribution in [0.4, 0.5) is 5.95 Å². The number of aromatic nitrogens is 5. The van der Waals surface area contributed by atoms with Crippen LogP contribution in [0.15, 0.2) is 61.3 Å². The summed E-state index contributed by atoms with van der Waals surface area (Å²) in [6.45, 7) is 1.58. The third kappa shape index (κ3) is 2.72. The molecule has 8 nitrogen and oxygen atoms in total. The van der Waals surface area contributed by atoms with Crippen molar-refractivity contribution in [3.63, 3.8) is 0 Å². The standard InChI is InChI=1S/C25H22ClN7O/c26-18-14-28-8-5-15(18)17-13-30-22-20(17)23-29-9-12-33(23)24(31-22)32-10-6-25(7-11-32)21(27)16-3-1-2-4-19(16)34-25/h1-5,8-9,12-14,21,30H,6-7,10-11,27H2/t21-/m1/s1. The number of rotatable bonds is 2. The summed E-state index contributed by atoms with van der Waals surface area (Å²) in [5.41, 5.74) is 10.9. The number of nitrogens with one attached hydrogen (secondary N) is 1. The molecule has 0 aliphatic carbocycles. The normalized spacial score (nSPS) is 19.1. The lowest BCUT2D eigenvalue weighted by molar-refractivity contribution is 0.0429. The molecule has 7 rings (SSSR count). The van der Waals surface area contributed by atoms with Crippen LogP contribution < -0.4 is 15.4 Å². The number of piperidine rings is 1. The maximum atomic E-state index is 6.66. The van der Waals surface area contributed by atoms with Crippen LogP contribution in [0.3, 0.4) is 0 Å². The summed E-state index contributed by atoms with van der Waals surface area (Å²) < 4.78 is 8.48. The fraction of sp³-hybridized carbons (Fsp3) is 0.240. The number of fused-ring (bicyclic) bond motifs is 4. The molecular weight excluding hydrogens is 450 g/mol. The summed E-state index contributed by atoms with van der Waals surface area (Å²) in [6.07, 6.45) is 10.7. The number of benzene rings is 1. The molecule has 1 saturated heterocycles. The Morgan fingerprint density at radius 3 is 2.79 bits per heavy atom. The number of halogens is 1. The summed E-state index contributed by atoms with van der Waals surface area (Å²) in [5, 5.41) is 1.53. The van der Waals surface area contributed by atoms with E-state index in [4.69, 9.17) is 27.1 Å². The van der Waals surface area contributed by atoms with Crippen molar-refractivity contribution in [1.29, 1.82) is 0 Å². The number of aromatic amines is 1. The smallest absolute Gasteiger partial charge is 0.213 e. The summed E-state index contributed by atoms with van der Waals surface area (Å²) in [4.78, 5) is 19.4. The van der Waals surface area contributed by atoms with Crippen molar-refractivity contribution in [3.8, 4) is 16.9 Å². The van der Waals surface area contributed by atoms with Crippen molar-refractivity contribution in [1.82, 2.24) is 24.3 Å². The molecule has 34 heavy (non-hydrogen) atoms. The Morgan fingerprint density at radius 1 is 1.12 bits per heavy atom. The predicted octanol–water partition coefficient (Wildman–Crippen LogP) is 4.36. The zero-order valence-electron chi connectivity index (χ0n) is 18.3. The van der Waals surface area contributed by atoms with Gasteiger partial charge in [-0.05, 0) is 12.1 Å². The van der Waals surface area contributed by atoms with Crippen LogP contribution >= 0.6 is 11.6 Å². The van der Waals surface area contributed by atoms with E-state index in [1.807, 2.05) is 42.9 Å². The minimum absolute atomic E-state index is 0.120. The Balaban J connectivity index is 1.26. The van der Waals surface area contributed by atoms with Crippen molar-refractivity contribution >= 4 is 34.2 Å². The van der Waals surface area contributed by atoms with Crippen LogP contribution in [0.2, 0.25) is 5.02 Å². The van der Waals surface area contributed by atoms with E-state index in [0.29, 0.717) is 5.02 Å². The molecule has 0 saturated carbocycles. The van der Waals surface area contributed by atoms with Gasteiger partial charge in [-0.25, -0.2) is 4.98 Å². The molecule has 1 fully saturated rings. The van der Waals surface area contributed by atoms with Gasteiger partial charge in [0.2, 0.25) is 5.95 Å². The average Bonchev–Trinajstić information content (AvgIpc) is 3.57. The van der Waals surface area contributed by atoms with Crippen LogP contribution in [0.5, 0.6) is 5.75 Å². The monoisotopic (exact) mass is 471 g/mol. The summed E-state index contributed by atoms with van der Waals surface area (Å²) in [6, 6.07) is 9.89. The van der Waals surface area contributed by atoms with Gasteiger partial charge in [0, 0.05) is 73.6 Å². The molecule has 0 radical (unpaired) electrons. The first-order chi connectivity index (χ1) is 16.6. The second-order valence-corrected chi connectivity index (χ2v) is 9.39. The lowest BCUT2D eigenvalue weighted by atomic mass is 9.83. The molecule has 170 valence electrons. The van der Waals surface area contributed by atoms with E-state index in [9.17, 15) is 0 Å². The lowest BCUT2D eigenvalue weighted by Gasteiger charge is -2.41. The molecule has 1 spiro atoms. The first-order valence-electron chi connectivity index (χ1n) is 11.4. The Bertz CT molecular complexity index is 1550. The number of H-pyrrole nitrogens is 1. The Kier molecular flexibility index (Phi) is 4.19. The number of pyridine rings is 1. The number of imidazole rings is 1. The number of nitrogens with zero attached hydrogens (tertiary/aromatic N) is 5. The van der Waals surface area contributed by atoms with Gasteiger partial charge in [0.25, 0.3) is 0 Å². The third-order valence-electron chi connectivity index (χ3n) is 7.24. The fourth-order valence-electron chi connectivity index (χ4n) is 5.45. The minimum atomic E-state index is -0.365. The average molecular weight is 472 g/mol. The van der Waals surface area contributed by atoms with Crippen molar-refractivity contribution in [2.75, 3.05) is 18.0 Å². The number of nitrogens with two attached hydrogens (primary N) is 1. The molecule has 6 heterocycles. The second kappa shape index (κ2) is 7.19. The number of anilines is 1. The second-order valence-electron chi connectivity index (χ2n) is 8.98. The van der Waals surface area contributed by atoms with Gasteiger partial charge in [-0.2, -0.15) is 4.98 Å². The Morgan fingerprint density at radius 2 is 1.97 bits per heavy atom. The van der Waals surface area contributed by atoms with Crippen molar-refractivity contribution < 1.29 is 4.74 Å². The maximum Gasteiger partial charge on any atom is 0.213 e. The molecule has 2 aliphatic heterocycles. The van der Waals surface area contributed by atoms with E-state index in [2.05, 4.69) is 30.3 Å². The molecule has 0 amide bonds. The van der Waals surface area contributed by atoms with Crippen molar-refractivity contribution in [2.24, 2.45) is 5.73 Å². The van der Waals surface area contributed by atoms with E-state index < -0.39 is 0 Å². The van der Waals surface area contributed by atoms with Crippen LogP contribution in [-0.4, -0.2) is 43.0 Å². The first-order valence-corrected chi connectivity index (χ1v) is 11.7. The largest absolute Gasteiger partial charge is 0.485 e. The summed E-state index contributed by atoms with van der Waals surface area (Å²) in [7, 11) is 0. The van der Waals surface area contributed by atoms with Gasteiger partial charge in [0.1, 0.15) is 17.0 Å². The predicted molar refractivity (Wildman–Crippen MR) is 131 cm³/mol. The topological polar surface area (TPSA) is 97.4 Å². The number of hydrogen-bond donors (Lipinski definition) is 2. The molecule has 9 heteroatoms. The molecule has 5 aromatic rings. The van der Waals surface area contributed by atoms with Gasteiger partial charge in [0.05, 0.1) is 16.5 Å². The summed E-state index contributed by atoms with van der Waals surface area (Å²) >= 11 is 6.44. The molecular formula is C25H22ClN7O. The molecule has 1 atom stereocenters. The van der Waals surface area contributed by atoms with Crippen LogP contribution in [-0.2, 0) is 0 Å². The number of ether oxygens (including phenoxy) is 1. The maximum absolute atomic E-state index is 6.66. The quantitative estimate of drug-likeness (QED) is 0.397. The van der Waals surface area contributed by atoms with E-state index in [1.165, 1.54) is 0 Å². The van der Waals surface area contributed by atoms with Gasteiger partial charge in [0.15, 0.2) is 5.65 Å². The zero-order chi connectivity index (χ0) is 22.9. The Hall–Kier alpha value is -3.62. The zero-order valence-corrected chi connectivity index (χ0v) is 19.0. The van der Waals surface area contributed by atoms with E-state index in [1.54, 1.807) is 12.4 Å². The van der Waals surface area contributed by atoms with Crippen LogP contribution in [0.1, 0.15) is 24.4 Å². The third-order valence-corrected chi connectivity index (χ3v) is 7.54. The molecule has 4 aromatic heterocycles. The highest BCUT2D eigenvalue weighted by molar-refractivity contribution is 6.33. The highest BCUT2D eigenvalue weighted by Gasteiger charge is 2.48. The minimum Gasteiger partial charge on any atom is -0.485 e. The van der Waals surface area contributed by atoms with Gasteiger partial charge in [-0.15, -0.1) is 0 Å². The highest BCUT2D eigenvalue weighted by atomic mass is 35.5. The van der Waals surface area contributed by atoms with Crippen LogP contribution in [0.25, 0.3) is 27.8 Å². The Labute approximate surface area is 200 Å². The van der Waals surface area contributed by atoms with Gasteiger partial charge < -0.3 is 20.4 Å². The molecule has 2 aliphatic rings. The molecule has 0 bridgehead atoms.